The summed E-state index contributed by atoms with van der Waals surface area (Å²) < 4.78 is 20.5. The van der Waals surface area contributed by atoms with Gasteiger partial charge in [-0.05, 0) is 46.1 Å². The molecule has 0 bridgehead atoms. The number of rotatable bonds is 3. The fourth-order valence-corrected chi connectivity index (χ4v) is 5.77. The number of amidine groups is 1. The highest BCUT2D eigenvalue weighted by atomic mass is 32.2. The number of nitrogens with zero attached hydrogens (tertiary/aromatic N) is 3. The SMILES string of the molecule is COC1CCC2(c3cc([N+](=O)[O-])ccc3F)N=C(N(C(=O)O)C(C)(C)C)SCC2C1. The molecule has 1 saturated carbocycles. The Hall–Kier alpha value is -2.20. The number of carboxylic acid groups (broad SMARTS) is 1. The Morgan fingerprint density at radius 3 is 2.73 bits per heavy atom. The van der Waals surface area contributed by atoms with E-state index in [4.69, 9.17) is 9.73 Å². The van der Waals surface area contributed by atoms with E-state index in [0.717, 1.165) is 12.1 Å². The molecule has 1 fully saturated rings. The maximum Gasteiger partial charge on any atom is 0.413 e. The number of hydrogen-bond acceptors (Lipinski definition) is 6. The predicted molar refractivity (Wildman–Crippen MR) is 112 cm³/mol. The third kappa shape index (κ3) is 4.02. The van der Waals surface area contributed by atoms with E-state index in [9.17, 15) is 20.0 Å². The highest BCUT2D eigenvalue weighted by molar-refractivity contribution is 8.13. The molecule has 1 aliphatic heterocycles. The molecule has 1 amide bonds. The van der Waals surface area contributed by atoms with E-state index in [-0.39, 0.29) is 28.4 Å². The van der Waals surface area contributed by atoms with Crippen molar-refractivity contribution in [1.29, 1.82) is 0 Å². The Labute approximate surface area is 178 Å². The average Bonchev–Trinajstić information content (AvgIpc) is 2.66. The van der Waals surface area contributed by atoms with E-state index >= 15 is 4.39 Å². The number of benzene rings is 1. The summed E-state index contributed by atoms with van der Waals surface area (Å²) in [6.45, 7) is 5.29. The zero-order valence-corrected chi connectivity index (χ0v) is 18.2. The molecule has 3 unspecified atom stereocenters. The molecule has 2 aliphatic rings. The summed E-state index contributed by atoms with van der Waals surface area (Å²) in [6.07, 6.45) is 0.466. The first-order chi connectivity index (χ1) is 14.0. The number of nitro benzene ring substituents is 1. The minimum atomic E-state index is -1.15. The highest BCUT2D eigenvalue weighted by Crippen LogP contribution is 2.51. The molecule has 0 radical (unpaired) electrons. The van der Waals surface area contributed by atoms with Gasteiger partial charge in [0, 0.05) is 42.0 Å². The molecular weight excluding hydrogens is 413 g/mol. The lowest BCUT2D eigenvalue weighted by Gasteiger charge is -2.48. The van der Waals surface area contributed by atoms with Gasteiger partial charge in [0.15, 0.2) is 5.17 Å². The zero-order valence-electron chi connectivity index (χ0n) is 17.4. The van der Waals surface area contributed by atoms with E-state index in [1.165, 1.54) is 22.7 Å². The average molecular weight is 440 g/mol. The normalized spacial score (nSPS) is 26.5. The molecule has 1 aromatic carbocycles. The number of ether oxygens (including phenoxy) is 1. The second kappa shape index (κ2) is 8.14. The van der Waals surface area contributed by atoms with Gasteiger partial charge in [-0.1, -0.05) is 11.8 Å². The van der Waals surface area contributed by atoms with Crippen molar-refractivity contribution in [3.05, 3.63) is 39.7 Å². The van der Waals surface area contributed by atoms with Crippen LogP contribution >= 0.6 is 11.8 Å². The number of fused-ring (bicyclic) bond motifs is 1. The fraction of sp³-hybridized carbons (Fsp3) is 0.600. The minimum absolute atomic E-state index is 0.0135. The van der Waals surface area contributed by atoms with Crippen molar-refractivity contribution in [2.75, 3.05) is 12.9 Å². The molecule has 1 N–H and O–H groups in total. The van der Waals surface area contributed by atoms with Crippen molar-refractivity contribution in [3.8, 4) is 0 Å². The molecule has 1 aliphatic carbocycles. The van der Waals surface area contributed by atoms with Crippen LogP contribution in [0.15, 0.2) is 23.2 Å². The molecule has 3 atom stereocenters. The maximum atomic E-state index is 15.0. The third-order valence-electron chi connectivity index (χ3n) is 5.79. The number of methoxy groups -OCH3 is 1. The van der Waals surface area contributed by atoms with Gasteiger partial charge >= 0.3 is 6.09 Å². The summed E-state index contributed by atoms with van der Waals surface area (Å²) in [5.41, 5.74) is -1.90. The number of carbonyl (C=O) groups is 1. The smallest absolute Gasteiger partial charge is 0.413 e. The standard InChI is InChI=1S/C20H26FN3O5S/c1-19(2,3)23(18(25)26)17-22-20(8-7-14(29-4)9-12(20)11-30-17)15-10-13(24(27)28)5-6-16(15)21/h5-6,10,12,14H,7-9,11H2,1-4H3,(H,25,26). The lowest BCUT2D eigenvalue weighted by Crippen LogP contribution is -2.53. The molecule has 10 heteroatoms. The Morgan fingerprint density at radius 2 is 2.17 bits per heavy atom. The van der Waals surface area contributed by atoms with Gasteiger partial charge in [0.2, 0.25) is 0 Å². The number of amides is 1. The summed E-state index contributed by atoms with van der Waals surface area (Å²) in [7, 11) is 1.63. The summed E-state index contributed by atoms with van der Waals surface area (Å²) in [5, 5.41) is 21.4. The van der Waals surface area contributed by atoms with Crippen molar-refractivity contribution in [2.24, 2.45) is 10.9 Å². The topological polar surface area (TPSA) is 105 Å². The first-order valence-corrected chi connectivity index (χ1v) is 10.7. The lowest BCUT2D eigenvalue weighted by atomic mass is 9.68. The van der Waals surface area contributed by atoms with E-state index in [1.807, 2.05) is 0 Å². The number of nitro groups is 1. The zero-order chi connectivity index (χ0) is 22.3. The van der Waals surface area contributed by atoms with Crippen LogP contribution in [0.1, 0.15) is 45.6 Å². The van der Waals surface area contributed by atoms with Gasteiger partial charge in [-0.3, -0.25) is 20.0 Å². The molecule has 0 aromatic heterocycles. The Bertz CT molecular complexity index is 888. The number of thioether (sulfide) groups is 1. The molecule has 0 spiro atoms. The van der Waals surface area contributed by atoms with Crippen molar-refractivity contribution in [1.82, 2.24) is 4.90 Å². The summed E-state index contributed by atoms with van der Waals surface area (Å²) in [5.74, 6) is -0.202. The second-order valence-corrected chi connectivity index (χ2v) is 9.66. The molecular formula is C20H26FN3O5S. The van der Waals surface area contributed by atoms with Crippen LogP contribution in [0.4, 0.5) is 14.9 Å². The first-order valence-electron chi connectivity index (χ1n) is 9.72. The van der Waals surface area contributed by atoms with Gasteiger partial charge in [0.1, 0.15) is 5.82 Å². The number of aliphatic imine (C=N–C) groups is 1. The van der Waals surface area contributed by atoms with Crippen LogP contribution in [-0.4, -0.2) is 50.7 Å². The van der Waals surface area contributed by atoms with Crippen LogP contribution in [0.25, 0.3) is 0 Å². The first kappa shape index (κ1) is 22.5. The Kier molecular flexibility index (Phi) is 6.10. The van der Waals surface area contributed by atoms with Crippen molar-refractivity contribution >= 4 is 28.7 Å². The van der Waals surface area contributed by atoms with Crippen LogP contribution in [0.2, 0.25) is 0 Å². The molecule has 8 nitrogen and oxygen atoms in total. The summed E-state index contributed by atoms with van der Waals surface area (Å²) in [4.78, 5) is 28.8. The van der Waals surface area contributed by atoms with Gasteiger partial charge < -0.3 is 9.84 Å². The largest absolute Gasteiger partial charge is 0.465 e. The van der Waals surface area contributed by atoms with E-state index in [0.29, 0.717) is 25.0 Å². The van der Waals surface area contributed by atoms with E-state index < -0.39 is 27.9 Å². The molecule has 164 valence electrons. The Balaban J connectivity index is 2.20. The molecule has 1 aromatic rings. The quantitative estimate of drug-likeness (QED) is 0.544. The van der Waals surface area contributed by atoms with Crippen molar-refractivity contribution in [3.63, 3.8) is 0 Å². The number of hydrogen-bond donors (Lipinski definition) is 1. The van der Waals surface area contributed by atoms with Crippen LogP contribution in [0.3, 0.4) is 0 Å². The van der Waals surface area contributed by atoms with Crippen LogP contribution < -0.4 is 0 Å². The lowest BCUT2D eigenvalue weighted by molar-refractivity contribution is -0.385. The van der Waals surface area contributed by atoms with Crippen LogP contribution in [0.5, 0.6) is 0 Å². The van der Waals surface area contributed by atoms with E-state index in [1.54, 1.807) is 27.9 Å². The molecule has 1 heterocycles. The molecule has 30 heavy (non-hydrogen) atoms. The number of non-ortho nitro benzene ring substituents is 1. The van der Waals surface area contributed by atoms with Gasteiger partial charge in [0.25, 0.3) is 5.69 Å². The molecule has 0 saturated heterocycles. The van der Waals surface area contributed by atoms with Crippen LogP contribution in [-0.2, 0) is 10.3 Å². The second-order valence-electron chi connectivity index (χ2n) is 8.67. The monoisotopic (exact) mass is 439 g/mol. The van der Waals surface area contributed by atoms with Gasteiger partial charge in [-0.25, -0.2) is 9.18 Å². The van der Waals surface area contributed by atoms with Crippen molar-refractivity contribution in [2.45, 2.75) is 57.2 Å². The minimum Gasteiger partial charge on any atom is -0.465 e. The number of halogens is 1. The third-order valence-corrected chi connectivity index (χ3v) is 6.89. The fourth-order valence-electron chi connectivity index (χ4n) is 4.30. The van der Waals surface area contributed by atoms with Gasteiger partial charge in [0.05, 0.1) is 16.6 Å². The molecule has 3 rings (SSSR count). The van der Waals surface area contributed by atoms with Crippen LogP contribution in [0, 0.1) is 21.8 Å². The predicted octanol–water partition coefficient (Wildman–Crippen LogP) is 4.63. The van der Waals surface area contributed by atoms with Gasteiger partial charge in [-0.2, -0.15) is 0 Å². The highest BCUT2D eigenvalue weighted by Gasteiger charge is 2.50. The summed E-state index contributed by atoms with van der Waals surface area (Å²) >= 11 is 1.32. The Morgan fingerprint density at radius 1 is 1.47 bits per heavy atom. The van der Waals surface area contributed by atoms with E-state index in [2.05, 4.69) is 0 Å². The van der Waals surface area contributed by atoms with Crippen molar-refractivity contribution < 1.29 is 24.0 Å². The summed E-state index contributed by atoms with van der Waals surface area (Å²) in [6, 6.07) is 3.47. The van der Waals surface area contributed by atoms with Gasteiger partial charge in [-0.15, -0.1) is 0 Å². The maximum absolute atomic E-state index is 15.0.